The Hall–Kier alpha value is -3.03. The van der Waals surface area contributed by atoms with Gasteiger partial charge in [-0.15, -0.1) is 11.3 Å². The number of rotatable bonds is 8. The molecular formula is C21H20N4O2S. The minimum Gasteiger partial charge on any atom is -0.364 e. The molecule has 2 N–H and O–H groups in total. The minimum absolute atomic E-state index is 0.0165. The van der Waals surface area contributed by atoms with E-state index in [4.69, 9.17) is 4.74 Å². The van der Waals surface area contributed by atoms with Gasteiger partial charge in [0.25, 0.3) is 0 Å². The van der Waals surface area contributed by atoms with Gasteiger partial charge in [0.05, 0.1) is 22.9 Å². The SMILES string of the molecule is O=C(COCc1nc2ccccc2s1)NC(Cc1ncc[nH]1)c1ccccc1. The van der Waals surface area contributed by atoms with Crippen molar-refractivity contribution in [2.75, 3.05) is 6.61 Å². The van der Waals surface area contributed by atoms with Crippen molar-refractivity contribution in [1.82, 2.24) is 20.3 Å². The molecule has 28 heavy (non-hydrogen) atoms. The van der Waals surface area contributed by atoms with Gasteiger partial charge in [-0.1, -0.05) is 42.5 Å². The molecule has 142 valence electrons. The molecule has 2 heterocycles. The number of thiazole rings is 1. The van der Waals surface area contributed by atoms with Crippen LogP contribution in [0.2, 0.25) is 0 Å². The topological polar surface area (TPSA) is 79.9 Å². The van der Waals surface area contributed by atoms with E-state index in [1.54, 1.807) is 23.7 Å². The summed E-state index contributed by atoms with van der Waals surface area (Å²) in [6, 6.07) is 17.6. The van der Waals surface area contributed by atoms with Crippen LogP contribution in [0.15, 0.2) is 67.0 Å². The predicted octanol–water partition coefficient (Wildman–Crippen LogP) is 3.64. The molecule has 2 aromatic carbocycles. The van der Waals surface area contributed by atoms with Crippen LogP contribution in [-0.4, -0.2) is 27.5 Å². The lowest BCUT2D eigenvalue weighted by atomic mass is 10.0. The van der Waals surface area contributed by atoms with Crippen LogP contribution in [0, 0.1) is 0 Å². The smallest absolute Gasteiger partial charge is 0.246 e. The van der Waals surface area contributed by atoms with Gasteiger partial charge in [0.2, 0.25) is 5.91 Å². The zero-order valence-corrected chi connectivity index (χ0v) is 16.0. The first kappa shape index (κ1) is 18.3. The molecule has 1 atom stereocenters. The molecule has 0 spiro atoms. The number of carbonyl (C=O) groups excluding carboxylic acids is 1. The number of amides is 1. The summed E-state index contributed by atoms with van der Waals surface area (Å²) in [7, 11) is 0. The van der Waals surface area contributed by atoms with Crippen LogP contribution in [0.1, 0.15) is 22.4 Å². The Kier molecular flexibility index (Phi) is 5.75. The van der Waals surface area contributed by atoms with E-state index in [1.807, 2.05) is 54.6 Å². The van der Waals surface area contributed by atoms with Gasteiger partial charge in [-0.2, -0.15) is 0 Å². The first-order valence-electron chi connectivity index (χ1n) is 9.03. The Bertz CT molecular complexity index is 998. The number of nitrogens with one attached hydrogen (secondary N) is 2. The van der Waals surface area contributed by atoms with Crippen molar-refractivity contribution in [2.24, 2.45) is 0 Å². The summed E-state index contributed by atoms with van der Waals surface area (Å²) in [5.74, 6) is 0.658. The molecular weight excluding hydrogens is 372 g/mol. The van der Waals surface area contributed by atoms with Gasteiger partial charge >= 0.3 is 0 Å². The number of ether oxygens (including phenoxy) is 1. The average molecular weight is 392 g/mol. The van der Waals surface area contributed by atoms with Crippen LogP contribution < -0.4 is 5.32 Å². The summed E-state index contributed by atoms with van der Waals surface area (Å²) in [6.07, 6.45) is 4.07. The van der Waals surface area contributed by atoms with E-state index >= 15 is 0 Å². The second kappa shape index (κ2) is 8.77. The molecule has 4 rings (SSSR count). The van der Waals surface area contributed by atoms with Crippen LogP contribution in [0.4, 0.5) is 0 Å². The normalized spacial score (nSPS) is 12.1. The van der Waals surface area contributed by atoms with Crippen LogP contribution in [0.3, 0.4) is 0 Å². The largest absolute Gasteiger partial charge is 0.364 e. The Morgan fingerprint density at radius 1 is 1.14 bits per heavy atom. The van der Waals surface area contributed by atoms with Gasteiger partial charge in [-0.25, -0.2) is 9.97 Å². The van der Waals surface area contributed by atoms with Gasteiger partial charge in [-0.3, -0.25) is 4.79 Å². The summed E-state index contributed by atoms with van der Waals surface area (Å²) in [5.41, 5.74) is 1.98. The highest BCUT2D eigenvalue weighted by Gasteiger charge is 2.16. The highest BCUT2D eigenvalue weighted by Crippen LogP contribution is 2.22. The lowest BCUT2D eigenvalue weighted by molar-refractivity contribution is -0.126. The van der Waals surface area contributed by atoms with Crippen molar-refractivity contribution in [2.45, 2.75) is 19.1 Å². The van der Waals surface area contributed by atoms with Gasteiger partial charge in [0.15, 0.2) is 0 Å². The van der Waals surface area contributed by atoms with E-state index in [9.17, 15) is 4.79 Å². The molecule has 4 aromatic rings. The number of H-pyrrole nitrogens is 1. The van der Waals surface area contributed by atoms with E-state index in [0.29, 0.717) is 13.0 Å². The number of hydrogen-bond donors (Lipinski definition) is 2. The Morgan fingerprint density at radius 2 is 1.96 bits per heavy atom. The van der Waals surface area contributed by atoms with Gasteiger partial charge < -0.3 is 15.0 Å². The monoisotopic (exact) mass is 392 g/mol. The second-order valence-corrected chi connectivity index (χ2v) is 7.45. The molecule has 0 aliphatic carbocycles. The first-order valence-corrected chi connectivity index (χ1v) is 9.84. The molecule has 0 saturated heterocycles. The van der Waals surface area contributed by atoms with Crippen LogP contribution in [0.25, 0.3) is 10.2 Å². The third-order valence-corrected chi connectivity index (χ3v) is 5.30. The van der Waals surface area contributed by atoms with E-state index in [1.165, 1.54) is 0 Å². The van der Waals surface area contributed by atoms with Crippen molar-refractivity contribution in [3.8, 4) is 0 Å². The van der Waals surface area contributed by atoms with Crippen molar-refractivity contribution in [1.29, 1.82) is 0 Å². The molecule has 0 saturated carbocycles. The average Bonchev–Trinajstić information content (AvgIpc) is 3.37. The molecule has 1 unspecified atom stereocenters. The van der Waals surface area contributed by atoms with Crippen molar-refractivity contribution < 1.29 is 9.53 Å². The molecule has 6 nitrogen and oxygen atoms in total. The lowest BCUT2D eigenvalue weighted by Crippen LogP contribution is -2.33. The van der Waals surface area contributed by atoms with Crippen LogP contribution in [0.5, 0.6) is 0 Å². The molecule has 0 bridgehead atoms. The summed E-state index contributed by atoms with van der Waals surface area (Å²) in [5, 5.41) is 3.91. The van der Waals surface area contributed by atoms with Crippen molar-refractivity contribution in [3.63, 3.8) is 0 Å². The molecule has 7 heteroatoms. The fourth-order valence-electron chi connectivity index (χ4n) is 2.99. The highest BCUT2D eigenvalue weighted by molar-refractivity contribution is 7.18. The zero-order valence-electron chi connectivity index (χ0n) is 15.2. The van der Waals surface area contributed by atoms with Crippen LogP contribution in [-0.2, 0) is 22.6 Å². The molecule has 0 aliphatic heterocycles. The molecule has 1 amide bonds. The summed E-state index contributed by atoms with van der Waals surface area (Å²) in [6.45, 7) is 0.304. The number of nitrogens with zero attached hydrogens (tertiary/aromatic N) is 2. The molecule has 0 radical (unpaired) electrons. The highest BCUT2D eigenvalue weighted by atomic mass is 32.1. The standard InChI is InChI=1S/C21H20N4O2S/c26-20(13-27-14-21-25-16-8-4-5-9-18(16)28-21)24-17(12-19-22-10-11-23-19)15-6-2-1-3-7-15/h1-11,17H,12-14H2,(H,22,23)(H,24,26). The van der Waals surface area contributed by atoms with Crippen molar-refractivity contribution in [3.05, 3.63) is 83.4 Å². The number of hydrogen-bond acceptors (Lipinski definition) is 5. The van der Waals surface area contributed by atoms with E-state index < -0.39 is 0 Å². The van der Waals surface area contributed by atoms with E-state index in [-0.39, 0.29) is 18.6 Å². The Balaban J connectivity index is 1.34. The summed E-state index contributed by atoms with van der Waals surface area (Å²) >= 11 is 1.58. The predicted molar refractivity (Wildman–Crippen MR) is 109 cm³/mol. The maximum atomic E-state index is 12.4. The minimum atomic E-state index is -0.175. The van der Waals surface area contributed by atoms with E-state index in [2.05, 4.69) is 20.3 Å². The fraction of sp³-hybridized carbons (Fsp3) is 0.190. The number of fused-ring (bicyclic) bond motifs is 1. The van der Waals surface area contributed by atoms with Gasteiger partial charge in [0, 0.05) is 18.8 Å². The van der Waals surface area contributed by atoms with Gasteiger partial charge in [0.1, 0.15) is 17.4 Å². The third-order valence-electron chi connectivity index (χ3n) is 4.29. The van der Waals surface area contributed by atoms with E-state index in [0.717, 1.165) is 26.6 Å². The van der Waals surface area contributed by atoms with Crippen LogP contribution >= 0.6 is 11.3 Å². The quantitative estimate of drug-likeness (QED) is 0.480. The number of imidazole rings is 1. The second-order valence-electron chi connectivity index (χ2n) is 6.34. The Labute approximate surface area is 166 Å². The first-order chi connectivity index (χ1) is 13.8. The summed E-state index contributed by atoms with van der Waals surface area (Å²) < 4.78 is 6.71. The molecule has 0 fully saturated rings. The van der Waals surface area contributed by atoms with Gasteiger partial charge in [-0.05, 0) is 17.7 Å². The number of para-hydroxylation sites is 1. The van der Waals surface area contributed by atoms with Crippen molar-refractivity contribution >= 4 is 27.5 Å². The molecule has 0 aliphatic rings. The lowest BCUT2D eigenvalue weighted by Gasteiger charge is -2.18. The number of aromatic amines is 1. The number of carbonyl (C=O) groups is 1. The maximum absolute atomic E-state index is 12.4. The zero-order chi connectivity index (χ0) is 19.2. The maximum Gasteiger partial charge on any atom is 0.246 e. The number of aromatic nitrogens is 3. The third kappa shape index (κ3) is 4.62. The molecule has 2 aromatic heterocycles. The number of benzene rings is 2. The fourth-order valence-corrected chi connectivity index (χ4v) is 3.89. The summed E-state index contributed by atoms with van der Waals surface area (Å²) in [4.78, 5) is 24.3. The Morgan fingerprint density at radius 3 is 2.75 bits per heavy atom.